The van der Waals surface area contributed by atoms with Crippen LogP contribution in [-0.4, -0.2) is 19.9 Å². The summed E-state index contributed by atoms with van der Waals surface area (Å²) in [7, 11) is -3.98. The van der Waals surface area contributed by atoms with Crippen LogP contribution in [0, 0.1) is 10.1 Å². The van der Waals surface area contributed by atoms with Gasteiger partial charge in [-0.2, -0.15) is 0 Å². The van der Waals surface area contributed by atoms with Gasteiger partial charge in [0.2, 0.25) is 10.0 Å². The summed E-state index contributed by atoms with van der Waals surface area (Å²) >= 11 is 0. The van der Waals surface area contributed by atoms with Crippen molar-refractivity contribution in [3.63, 3.8) is 0 Å². The number of benzene rings is 1. The molecule has 7 nitrogen and oxygen atoms in total. The van der Waals surface area contributed by atoms with Crippen molar-refractivity contribution in [1.29, 1.82) is 0 Å². The second-order valence-electron chi connectivity index (χ2n) is 3.03. The SMILES string of the molecule is C=CCOc1ccc(S(N)(=O)=O)cc1[N+](=O)[O-]. The number of nitrogens with zero attached hydrogens (tertiary/aromatic N) is 1. The number of nitro benzene ring substituents is 1. The molecule has 0 fully saturated rings. The van der Waals surface area contributed by atoms with E-state index >= 15 is 0 Å². The van der Waals surface area contributed by atoms with Gasteiger partial charge in [0.25, 0.3) is 0 Å². The van der Waals surface area contributed by atoms with Gasteiger partial charge in [-0.3, -0.25) is 10.1 Å². The molecule has 0 unspecified atom stereocenters. The summed E-state index contributed by atoms with van der Waals surface area (Å²) in [5.74, 6) is -0.0395. The van der Waals surface area contributed by atoms with Crippen LogP contribution >= 0.6 is 0 Å². The summed E-state index contributed by atoms with van der Waals surface area (Å²) in [5.41, 5.74) is -0.460. The molecule has 92 valence electrons. The van der Waals surface area contributed by atoms with E-state index in [-0.39, 0.29) is 17.3 Å². The van der Waals surface area contributed by atoms with Gasteiger partial charge >= 0.3 is 5.69 Å². The zero-order valence-electron chi connectivity index (χ0n) is 8.70. The number of ether oxygens (including phenoxy) is 1. The molecule has 8 heteroatoms. The molecule has 0 amide bonds. The second-order valence-corrected chi connectivity index (χ2v) is 4.59. The van der Waals surface area contributed by atoms with E-state index in [1.807, 2.05) is 0 Å². The molecule has 0 aromatic heterocycles. The maximum Gasteiger partial charge on any atom is 0.312 e. The molecule has 17 heavy (non-hydrogen) atoms. The van der Waals surface area contributed by atoms with E-state index in [9.17, 15) is 18.5 Å². The number of hydrogen-bond acceptors (Lipinski definition) is 5. The van der Waals surface area contributed by atoms with Crippen LogP contribution in [0.4, 0.5) is 5.69 Å². The fourth-order valence-corrected chi connectivity index (χ4v) is 1.62. The molecule has 0 radical (unpaired) electrons. The lowest BCUT2D eigenvalue weighted by atomic mass is 10.3. The van der Waals surface area contributed by atoms with E-state index in [4.69, 9.17) is 9.88 Å². The molecule has 0 bridgehead atoms. The monoisotopic (exact) mass is 258 g/mol. The van der Waals surface area contributed by atoms with E-state index in [1.165, 1.54) is 12.1 Å². The van der Waals surface area contributed by atoms with Gasteiger partial charge in [0.15, 0.2) is 5.75 Å². The third-order valence-electron chi connectivity index (χ3n) is 1.81. The Morgan fingerprint density at radius 1 is 1.53 bits per heavy atom. The van der Waals surface area contributed by atoms with Gasteiger partial charge in [0.1, 0.15) is 6.61 Å². The van der Waals surface area contributed by atoms with Crippen LogP contribution in [0.1, 0.15) is 0 Å². The van der Waals surface area contributed by atoms with Crippen molar-refractivity contribution in [3.8, 4) is 5.75 Å². The van der Waals surface area contributed by atoms with Crippen LogP contribution in [0.25, 0.3) is 0 Å². The van der Waals surface area contributed by atoms with Gasteiger partial charge in [0, 0.05) is 6.07 Å². The van der Waals surface area contributed by atoms with Crippen molar-refractivity contribution in [2.45, 2.75) is 4.90 Å². The largest absolute Gasteiger partial charge is 0.483 e. The second kappa shape index (κ2) is 4.93. The van der Waals surface area contributed by atoms with Gasteiger partial charge < -0.3 is 4.74 Å². The predicted molar refractivity (Wildman–Crippen MR) is 60.2 cm³/mol. The third-order valence-corrected chi connectivity index (χ3v) is 2.72. The van der Waals surface area contributed by atoms with Crippen molar-refractivity contribution in [2.24, 2.45) is 5.14 Å². The van der Waals surface area contributed by atoms with E-state index in [2.05, 4.69) is 6.58 Å². The Balaban J connectivity index is 3.27. The van der Waals surface area contributed by atoms with Gasteiger partial charge in [0.05, 0.1) is 9.82 Å². The summed E-state index contributed by atoms with van der Waals surface area (Å²) in [6.45, 7) is 3.48. The molecule has 0 aliphatic rings. The fraction of sp³-hybridized carbons (Fsp3) is 0.111. The third kappa shape index (κ3) is 3.26. The Morgan fingerprint density at radius 3 is 2.65 bits per heavy atom. The van der Waals surface area contributed by atoms with Crippen LogP contribution in [0.2, 0.25) is 0 Å². The average molecular weight is 258 g/mol. The predicted octanol–water partition coefficient (Wildman–Crippen LogP) is 0.807. The smallest absolute Gasteiger partial charge is 0.312 e. The topological polar surface area (TPSA) is 113 Å². The van der Waals surface area contributed by atoms with E-state index in [0.717, 1.165) is 12.1 Å². The first kappa shape index (κ1) is 13.1. The van der Waals surface area contributed by atoms with Gasteiger partial charge in [-0.1, -0.05) is 12.7 Å². The Bertz CT molecular complexity index is 553. The molecular formula is C9H10N2O5S. The van der Waals surface area contributed by atoms with Crippen LogP contribution in [0.15, 0.2) is 35.7 Å². The fourth-order valence-electron chi connectivity index (χ4n) is 1.09. The maximum atomic E-state index is 11.0. The lowest BCUT2D eigenvalue weighted by Crippen LogP contribution is -2.12. The zero-order chi connectivity index (χ0) is 13.1. The maximum absolute atomic E-state index is 11.0. The number of nitrogens with two attached hydrogens (primary N) is 1. The zero-order valence-corrected chi connectivity index (χ0v) is 9.51. The number of hydrogen-bond donors (Lipinski definition) is 1. The molecule has 0 aliphatic heterocycles. The summed E-state index contributed by atoms with van der Waals surface area (Å²) < 4.78 is 27.1. The minimum atomic E-state index is -3.98. The number of nitro groups is 1. The first-order chi connectivity index (χ1) is 7.86. The minimum Gasteiger partial charge on any atom is -0.483 e. The first-order valence-corrected chi connectivity index (χ1v) is 5.96. The van der Waals surface area contributed by atoms with Crippen LogP contribution in [0.5, 0.6) is 5.75 Å². The van der Waals surface area contributed by atoms with Crippen molar-refractivity contribution < 1.29 is 18.1 Å². The highest BCUT2D eigenvalue weighted by molar-refractivity contribution is 7.89. The van der Waals surface area contributed by atoms with Crippen LogP contribution in [0.3, 0.4) is 0 Å². The van der Waals surface area contributed by atoms with Gasteiger partial charge in [-0.05, 0) is 12.1 Å². The molecule has 0 aliphatic carbocycles. The Labute approximate surface area is 97.7 Å². The highest BCUT2D eigenvalue weighted by atomic mass is 32.2. The van der Waals surface area contributed by atoms with Crippen molar-refractivity contribution in [1.82, 2.24) is 0 Å². The quantitative estimate of drug-likeness (QED) is 0.477. The molecule has 0 saturated carbocycles. The lowest BCUT2D eigenvalue weighted by molar-refractivity contribution is -0.386. The Hall–Kier alpha value is -1.93. The van der Waals surface area contributed by atoms with Crippen LogP contribution in [-0.2, 0) is 10.0 Å². The van der Waals surface area contributed by atoms with Gasteiger partial charge in [-0.25, -0.2) is 13.6 Å². The number of rotatable bonds is 5. The van der Waals surface area contributed by atoms with E-state index < -0.39 is 20.6 Å². The Morgan fingerprint density at radius 2 is 2.18 bits per heavy atom. The summed E-state index contributed by atoms with van der Waals surface area (Å²) in [5, 5.41) is 15.6. The van der Waals surface area contributed by atoms with Crippen molar-refractivity contribution in [2.75, 3.05) is 6.61 Å². The van der Waals surface area contributed by atoms with Crippen molar-refractivity contribution in [3.05, 3.63) is 41.0 Å². The molecule has 1 aromatic carbocycles. The molecule has 0 spiro atoms. The molecule has 1 aromatic rings. The molecular weight excluding hydrogens is 248 g/mol. The lowest BCUT2D eigenvalue weighted by Gasteiger charge is -2.05. The average Bonchev–Trinajstić information content (AvgIpc) is 2.24. The van der Waals surface area contributed by atoms with E-state index in [0.29, 0.717) is 0 Å². The molecule has 0 saturated heterocycles. The summed E-state index contributed by atoms with van der Waals surface area (Å²) in [6.07, 6.45) is 1.41. The highest BCUT2D eigenvalue weighted by Crippen LogP contribution is 2.29. The van der Waals surface area contributed by atoms with Crippen molar-refractivity contribution >= 4 is 15.7 Å². The van der Waals surface area contributed by atoms with Crippen LogP contribution < -0.4 is 9.88 Å². The minimum absolute atomic E-state index is 0.0395. The number of primary sulfonamides is 1. The number of sulfonamides is 1. The molecule has 2 N–H and O–H groups in total. The molecule has 0 heterocycles. The summed E-state index contributed by atoms with van der Waals surface area (Å²) in [6, 6.07) is 3.18. The normalized spacial score (nSPS) is 10.9. The standard InChI is InChI=1S/C9H10N2O5S/c1-2-5-16-9-4-3-7(17(10,14)15)6-8(9)11(12)13/h2-4,6H,1,5H2,(H2,10,14,15). The first-order valence-electron chi connectivity index (χ1n) is 4.41. The molecule has 1 rings (SSSR count). The van der Waals surface area contributed by atoms with E-state index in [1.54, 1.807) is 0 Å². The summed E-state index contributed by atoms with van der Waals surface area (Å²) in [4.78, 5) is 9.65. The Kier molecular flexibility index (Phi) is 3.81. The molecule has 0 atom stereocenters. The highest BCUT2D eigenvalue weighted by Gasteiger charge is 2.19. The van der Waals surface area contributed by atoms with Gasteiger partial charge in [-0.15, -0.1) is 0 Å².